The summed E-state index contributed by atoms with van der Waals surface area (Å²) in [6, 6.07) is 0. The lowest BCUT2D eigenvalue weighted by Gasteiger charge is -2.47. The molecule has 2 aliphatic rings. The zero-order valence-electron chi connectivity index (χ0n) is 17.6. The van der Waals surface area contributed by atoms with Crippen LogP contribution >= 0.6 is 11.8 Å². The molecule has 1 unspecified atom stereocenters. The van der Waals surface area contributed by atoms with Gasteiger partial charge in [0, 0.05) is 11.3 Å². The smallest absolute Gasteiger partial charge is 0.186 e. The molecule has 0 aromatic carbocycles. The maximum atomic E-state index is 6.94. The monoisotopic (exact) mass is 376 g/mol. The van der Waals surface area contributed by atoms with Crippen molar-refractivity contribution in [3.05, 3.63) is 46.4 Å². The van der Waals surface area contributed by atoms with Gasteiger partial charge in [-0.25, -0.2) is 0 Å². The number of hydrogen-bond acceptors (Lipinski definition) is 2. The molecule has 0 spiro atoms. The van der Waals surface area contributed by atoms with Crippen molar-refractivity contribution in [1.82, 2.24) is 0 Å². The van der Waals surface area contributed by atoms with Crippen LogP contribution in [-0.4, -0.2) is 13.3 Å². The van der Waals surface area contributed by atoms with Gasteiger partial charge in [-0.15, -0.1) is 0 Å². The van der Waals surface area contributed by atoms with Crippen molar-refractivity contribution in [2.75, 3.05) is 0 Å². The molecule has 0 bridgehead atoms. The van der Waals surface area contributed by atoms with Gasteiger partial charge in [-0.2, -0.15) is 0 Å². The molecule has 3 heteroatoms. The zero-order chi connectivity index (χ0) is 19.1. The Morgan fingerprint density at radius 3 is 2.08 bits per heavy atom. The topological polar surface area (TPSA) is 9.23 Å². The molecule has 1 nitrogen and oxygen atoms in total. The van der Waals surface area contributed by atoms with Crippen LogP contribution in [0.3, 0.4) is 0 Å². The summed E-state index contributed by atoms with van der Waals surface area (Å²) in [6.07, 6.45) is 13.7. The molecule has 0 aromatic rings. The van der Waals surface area contributed by atoms with Crippen LogP contribution in [0, 0.1) is 10.8 Å². The predicted molar refractivity (Wildman–Crippen MR) is 116 cm³/mol. The van der Waals surface area contributed by atoms with Gasteiger partial charge in [-0.1, -0.05) is 83.7 Å². The Kier molecular flexibility index (Phi) is 5.74. The van der Waals surface area contributed by atoms with Crippen LogP contribution in [0.4, 0.5) is 0 Å². The van der Waals surface area contributed by atoms with E-state index in [4.69, 9.17) is 4.43 Å². The SMILES string of the molecule is CC(C)(C)C1=CCC(O[Si](C)(C)C)(SC2=CCC=C2)C(C(C)(C)C)=C1. The van der Waals surface area contributed by atoms with Crippen LogP contribution in [0.15, 0.2) is 46.4 Å². The molecule has 0 saturated carbocycles. The van der Waals surface area contributed by atoms with Crippen molar-refractivity contribution in [3.63, 3.8) is 0 Å². The minimum Gasteiger partial charge on any atom is -0.399 e. The molecule has 140 valence electrons. The van der Waals surface area contributed by atoms with Crippen LogP contribution in [0.25, 0.3) is 0 Å². The lowest BCUT2D eigenvalue weighted by atomic mass is 9.74. The van der Waals surface area contributed by atoms with Crippen molar-refractivity contribution in [1.29, 1.82) is 0 Å². The fourth-order valence-corrected chi connectivity index (χ4v) is 6.87. The first-order chi connectivity index (χ1) is 11.2. The van der Waals surface area contributed by atoms with Crippen LogP contribution in [-0.2, 0) is 4.43 Å². The predicted octanol–water partition coefficient (Wildman–Crippen LogP) is 7.46. The maximum Gasteiger partial charge on any atom is 0.186 e. The average molecular weight is 377 g/mol. The molecule has 0 heterocycles. The van der Waals surface area contributed by atoms with E-state index in [1.807, 2.05) is 11.8 Å². The highest BCUT2D eigenvalue weighted by Crippen LogP contribution is 2.54. The van der Waals surface area contributed by atoms with E-state index in [1.165, 1.54) is 16.1 Å². The van der Waals surface area contributed by atoms with Gasteiger partial charge in [0.25, 0.3) is 0 Å². The highest BCUT2D eigenvalue weighted by Gasteiger charge is 2.46. The second kappa shape index (κ2) is 6.90. The number of hydrogen-bond donors (Lipinski definition) is 0. The van der Waals surface area contributed by atoms with Gasteiger partial charge in [-0.3, -0.25) is 0 Å². The molecule has 0 saturated heterocycles. The Morgan fingerprint density at radius 2 is 1.64 bits per heavy atom. The molecule has 0 fully saturated rings. The van der Waals surface area contributed by atoms with Crippen LogP contribution in [0.1, 0.15) is 54.4 Å². The van der Waals surface area contributed by atoms with E-state index < -0.39 is 8.32 Å². The first-order valence-corrected chi connectivity index (χ1v) is 13.6. The molecule has 0 aromatic heterocycles. The summed E-state index contributed by atoms with van der Waals surface area (Å²) in [5.41, 5.74) is 3.10. The Balaban J connectivity index is 2.54. The Hall–Kier alpha value is -0.513. The fourth-order valence-electron chi connectivity index (χ4n) is 3.40. The number of rotatable bonds is 4. The van der Waals surface area contributed by atoms with Crippen LogP contribution in [0.2, 0.25) is 19.6 Å². The summed E-state index contributed by atoms with van der Waals surface area (Å²) in [5.74, 6) is 0. The molecule has 0 amide bonds. The molecule has 2 rings (SSSR count). The van der Waals surface area contributed by atoms with Gasteiger partial charge in [0.1, 0.15) is 4.93 Å². The highest BCUT2D eigenvalue weighted by molar-refractivity contribution is 8.04. The van der Waals surface area contributed by atoms with Gasteiger partial charge >= 0.3 is 0 Å². The molecule has 0 radical (unpaired) electrons. The first-order valence-electron chi connectivity index (χ1n) is 9.42. The summed E-state index contributed by atoms with van der Waals surface area (Å²) in [4.78, 5) is 1.07. The van der Waals surface area contributed by atoms with Crippen molar-refractivity contribution in [2.45, 2.75) is 79.0 Å². The molecule has 2 aliphatic carbocycles. The van der Waals surface area contributed by atoms with E-state index in [9.17, 15) is 0 Å². The van der Waals surface area contributed by atoms with Gasteiger partial charge in [-0.05, 0) is 48.0 Å². The first kappa shape index (κ1) is 20.8. The van der Waals surface area contributed by atoms with E-state index in [0.29, 0.717) is 0 Å². The van der Waals surface area contributed by atoms with Crippen molar-refractivity contribution >= 4 is 20.1 Å². The summed E-state index contributed by atoms with van der Waals surface area (Å²) < 4.78 is 6.94. The van der Waals surface area contributed by atoms with E-state index >= 15 is 0 Å². The Bertz CT molecular complexity index is 632. The summed E-state index contributed by atoms with van der Waals surface area (Å²) in [7, 11) is -1.72. The largest absolute Gasteiger partial charge is 0.399 e. The van der Waals surface area contributed by atoms with E-state index in [-0.39, 0.29) is 15.8 Å². The third kappa shape index (κ3) is 5.24. The van der Waals surface area contributed by atoms with Gasteiger partial charge in [0.2, 0.25) is 0 Å². The minimum atomic E-state index is -1.72. The lowest BCUT2D eigenvalue weighted by Crippen LogP contribution is -2.46. The minimum absolute atomic E-state index is 0.0697. The fraction of sp³-hybridized carbons (Fsp3) is 0.636. The van der Waals surface area contributed by atoms with Crippen LogP contribution in [0.5, 0.6) is 0 Å². The quantitative estimate of drug-likeness (QED) is 0.372. The average Bonchev–Trinajstić information content (AvgIpc) is 2.86. The van der Waals surface area contributed by atoms with Crippen molar-refractivity contribution in [3.8, 4) is 0 Å². The standard InChI is InChI=1S/C22H36OSSi/c1-20(2,3)17-14-15-22(23-25(7,8)9,19(16-17)21(4,5)6)24-18-12-10-11-13-18/h10,12-14,16H,11,15H2,1-9H3. The summed E-state index contributed by atoms with van der Waals surface area (Å²) in [5, 5.41) is 0. The second-order valence-corrected chi connectivity index (χ2v) is 16.0. The van der Waals surface area contributed by atoms with Crippen molar-refractivity contribution < 1.29 is 4.43 Å². The zero-order valence-corrected chi connectivity index (χ0v) is 19.4. The molecule has 1 atom stereocenters. The maximum absolute atomic E-state index is 6.94. The Morgan fingerprint density at radius 1 is 1.00 bits per heavy atom. The molecule has 0 N–H and O–H groups in total. The van der Waals surface area contributed by atoms with E-state index in [2.05, 4.69) is 91.6 Å². The van der Waals surface area contributed by atoms with Crippen molar-refractivity contribution in [2.24, 2.45) is 10.8 Å². The van der Waals surface area contributed by atoms with Gasteiger partial charge < -0.3 is 4.43 Å². The lowest BCUT2D eigenvalue weighted by molar-refractivity contribution is 0.169. The second-order valence-electron chi connectivity index (χ2n) is 10.2. The van der Waals surface area contributed by atoms with E-state index in [1.54, 1.807) is 0 Å². The third-order valence-electron chi connectivity index (χ3n) is 4.47. The van der Waals surface area contributed by atoms with Crippen LogP contribution < -0.4 is 0 Å². The number of thioether (sulfide) groups is 1. The summed E-state index contributed by atoms with van der Waals surface area (Å²) >= 11 is 1.92. The number of allylic oxidation sites excluding steroid dienone is 5. The highest BCUT2D eigenvalue weighted by atomic mass is 32.2. The van der Waals surface area contributed by atoms with Gasteiger partial charge in [0.15, 0.2) is 8.32 Å². The normalized spacial score (nSPS) is 24.9. The van der Waals surface area contributed by atoms with Gasteiger partial charge in [0.05, 0.1) is 0 Å². The molecule has 0 aliphatic heterocycles. The van der Waals surface area contributed by atoms with E-state index in [0.717, 1.165) is 12.8 Å². The molecular formula is C22H36OSSi. The summed E-state index contributed by atoms with van der Waals surface area (Å²) in [6.45, 7) is 20.8. The molecule has 25 heavy (non-hydrogen) atoms. The molecular weight excluding hydrogens is 340 g/mol. The third-order valence-corrected chi connectivity index (χ3v) is 6.91. The Labute approximate surface area is 160 Å².